The van der Waals surface area contributed by atoms with Crippen molar-refractivity contribution in [3.05, 3.63) is 11.7 Å². The van der Waals surface area contributed by atoms with Crippen molar-refractivity contribution in [1.82, 2.24) is 15.0 Å². The van der Waals surface area contributed by atoms with Gasteiger partial charge in [0, 0.05) is 19.0 Å². The Morgan fingerprint density at radius 1 is 1.33 bits per heavy atom. The molecule has 1 saturated carbocycles. The number of aromatic nitrogens is 2. The summed E-state index contributed by atoms with van der Waals surface area (Å²) < 4.78 is 5.23. The largest absolute Gasteiger partial charge is 0.342 e. The number of hydrogen-bond donors (Lipinski definition) is 0. The van der Waals surface area contributed by atoms with Gasteiger partial charge in [0.2, 0.25) is 11.8 Å². The average Bonchev–Trinajstić information content (AvgIpc) is 2.74. The van der Waals surface area contributed by atoms with Gasteiger partial charge in [0.05, 0.1) is 5.92 Å². The van der Waals surface area contributed by atoms with Crippen LogP contribution in [-0.2, 0) is 4.79 Å². The second kappa shape index (κ2) is 4.71. The van der Waals surface area contributed by atoms with Gasteiger partial charge in [-0.15, -0.1) is 0 Å². The minimum Gasteiger partial charge on any atom is -0.342 e. The average molecular weight is 249 g/mol. The number of carbonyl (C=O) groups is 1. The molecule has 1 aliphatic heterocycles. The van der Waals surface area contributed by atoms with Gasteiger partial charge >= 0.3 is 0 Å². The van der Waals surface area contributed by atoms with Gasteiger partial charge in [0.15, 0.2) is 5.82 Å². The van der Waals surface area contributed by atoms with E-state index >= 15 is 0 Å². The first-order chi connectivity index (χ1) is 8.74. The van der Waals surface area contributed by atoms with Gasteiger partial charge in [0.1, 0.15) is 0 Å². The molecule has 3 rings (SSSR count). The molecule has 0 spiro atoms. The molecule has 1 aromatic heterocycles. The topological polar surface area (TPSA) is 59.2 Å². The van der Waals surface area contributed by atoms with Gasteiger partial charge in [-0.3, -0.25) is 4.79 Å². The first-order valence-electron chi connectivity index (χ1n) is 6.83. The lowest BCUT2D eigenvalue weighted by Gasteiger charge is -2.36. The van der Waals surface area contributed by atoms with Crippen LogP contribution in [0.15, 0.2) is 4.52 Å². The summed E-state index contributed by atoms with van der Waals surface area (Å²) in [4.78, 5) is 18.5. The van der Waals surface area contributed by atoms with Crippen LogP contribution in [-0.4, -0.2) is 34.0 Å². The zero-order chi connectivity index (χ0) is 12.5. The molecule has 18 heavy (non-hydrogen) atoms. The normalized spacial score (nSPS) is 24.9. The maximum atomic E-state index is 12.2. The van der Waals surface area contributed by atoms with Gasteiger partial charge in [-0.05, 0) is 32.6 Å². The molecular weight excluding hydrogens is 230 g/mol. The van der Waals surface area contributed by atoms with E-state index in [-0.39, 0.29) is 11.8 Å². The number of nitrogens with zero attached hydrogens (tertiary/aromatic N) is 3. The van der Waals surface area contributed by atoms with E-state index in [2.05, 4.69) is 10.1 Å². The summed E-state index contributed by atoms with van der Waals surface area (Å²) in [7, 11) is 0. The molecule has 1 atom stereocenters. The quantitative estimate of drug-likeness (QED) is 0.803. The first kappa shape index (κ1) is 11.7. The van der Waals surface area contributed by atoms with Crippen molar-refractivity contribution in [2.45, 2.75) is 44.9 Å². The fourth-order valence-electron chi connectivity index (χ4n) is 2.77. The van der Waals surface area contributed by atoms with E-state index in [1.54, 1.807) is 0 Å². The van der Waals surface area contributed by atoms with Crippen LogP contribution in [0.2, 0.25) is 0 Å². The predicted molar refractivity (Wildman–Crippen MR) is 64.9 cm³/mol. The molecule has 1 amide bonds. The van der Waals surface area contributed by atoms with Crippen molar-refractivity contribution < 1.29 is 9.32 Å². The molecule has 1 saturated heterocycles. The Labute approximate surface area is 107 Å². The van der Waals surface area contributed by atoms with Crippen LogP contribution in [0, 0.1) is 12.8 Å². The van der Waals surface area contributed by atoms with Crippen molar-refractivity contribution in [2.24, 2.45) is 5.92 Å². The van der Waals surface area contributed by atoms with E-state index in [0.717, 1.165) is 38.8 Å². The minimum absolute atomic E-state index is 0.226. The minimum atomic E-state index is 0.226. The summed E-state index contributed by atoms with van der Waals surface area (Å²) in [6.45, 7) is 3.46. The third kappa shape index (κ3) is 2.13. The smallest absolute Gasteiger partial charge is 0.231 e. The van der Waals surface area contributed by atoms with Crippen LogP contribution < -0.4 is 0 Å². The molecule has 0 bridgehead atoms. The van der Waals surface area contributed by atoms with Crippen molar-refractivity contribution in [3.8, 4) is 0 Å². The van der Waals surface area contributed by atoms with Crippen molar-refractivity contribution in [3.63, 3.8) is 0 Å². The second-order valence-corrected chi connectivity index (χ2v) is 5.43. The summed E-state index contributed by atoms with van der Waals surface area (Å²) in [6.07, 6.45) is 5.41. The molecule has 5 nitrogen and oxygen atoms in total. The molecule has 1 aliphatic carbocycles. The molecule has 0 radical (unpaired) electrons. The molecular formula is C13H19N3O2. The Morgan fingerprint density at radius 3 is 2.78 bits per heavy atom. The Morgan fingerprint density at radius 2 is 2.17 bits per heavy atom. The fraction of sp³-hybridized carbons (Fsp3) is 0.769. The first-order valence-corrected chi connectivity index (χ1v) is 6.83. The van der Waals surface area contributed by atoms with E-state index in [1.165, 1.54) is 6.42 Å². The lowest BCUT2D eigenvalue weighted by atomic mass is 9.83. The van der Waals surface area contributed by atoms with E-state index < -0.39 is 0 Å². The molecule has 98 valence electrons. The Balaban J connectivity index is 1.66. The predicted octanol–water partition coefficient (Wildman–Crippen LogP) is 1.88. The van der Waals surface area contributed by atoms with E-state index in [0.29, 0.717) is 17.6 Å². The van der Waals surface area contributed by atoms with Crippen molar-refractivity contribution in [2.75, 3.05) is 13.1 Å². The zero-order valence-electron chi connectivity index (χ0n) is 10.8. The van der Waals surface area contributed by atoms with Crippen LogP contribution in [0.1, 0.15) is 49.7 Å². The molecule has 5 heteroatoms. The van der Waals surface area contributed by atoms with Crippen LogP contribution in [0.25, 0.3) is 0 Å². The highest BCUT2D eigenvalue weighted by molar-refractivity contribution is 5.79. The molecule has 2 fully saturated rings. The summed E-state index contributed by atoms with van der Waals surface area (Å²) in [6, 6.07) is 0. The number of amides is 1. The van der Waals surface area contributed by atoms with Crippen molar-refractivity contribution >= 4 is 5.91 Å². The van der Waals surface area contributed by atoms with Gasteiger partial charge in [-0.25, -0.2) is 0 Å². The number of carbonyl (C=O) groups excluding carboxylic acids is 1. The van der Waals surface area contributed by atoms with Crippen molar-refractivity contribution in [1.29, 1.82) is 0 Å². The lowest BCUT2D eigenvalue weighted by molar-refractivity contribution is -0.139. The number of hydrogen-bond acceptors (Lipinski definition) is 4. The van der Waals surface area contributed by atoms with E-state index in [1.807, 2.05) is 11.8 Å². The number of rotatable bonds is 2. The molecule has 2 aliphatic rings. The zero-order valence-corrected chi connectivity index (χ0v) is 10.8. The Hall–Kier alpha value is -1.39. The molecule has 0 unspecified atom stereocenters. The molecule has 0 aromatic carbocycles. The van der Waals surface area contributed by atoms with E-state index in [4.69, 9.17) is 4.52 Å². The third-order valence-corrected chi connectivity index (χ3v) is 4.08. The molecule has 1 aromatic rings. The van der Waals surface area contributed by atoms with Crippen LogP contribution in [0.5, 0.6) is 0 Å². The van der Waals surface area contributed by atoms with Crippen LogP contribution >= 0.6 is 0 Å². The number of aryl methyl sites for hydroxylation is 1. The highest BCUT2D eigenvalue weighted by atomic mass is 16.5. The standard InChI is InChI=1S/C13H19N3O2/c1-9-14-12(18-15-9)11-6-3-7-16(8-11)13(17)10-4-2-5-10/h10-11H,2-8H2,1H3/t11-/m1/s1. The summed E-state index contributed by atoms with van der Waals surface area (Å²) in [5.41, 5.74) is 0. The highest BCUT2D eigenvalue weighted by Crippen LogP contribution is 2.32. The molecule has 0 N–H and O–H groups in total. The SMILES string of the molecule is Cc1noc([C@@H]2CCCN(C(=O)C3CCC3)C2)n1. The summed E-state index contributed by atoms with van der Waals surface area (Å²) in [5, 5.41) is 3.83. The Kier molecular flexibility index (Phi) is 3.06. The second-order valence-electron chi connectivity index (χ2n) is 5.43. The Bertz CT molecular complexity index is 439. The molecule has 2 heterocycles. The number of piperidine rings is 1. The summed E-state index contributed by atoms with van der Waals surface area (Å²) >= 11 is 0. The van der Waals surface area contributed by atoms with Gasteiger partial charge < -0.3 is 9.42 Å². The monoisotopic (exact) mass is 249 g/mol. The van der Waals surface area contributed by atoms with Gasteiger partial charge in [-0.1, -0.05) is 11.6 Å². The highest BCUT2D eigenvalue weighted by Gasteiger charge is 2.33. The summed E-state index contributed by atoms with van der Waals surface area (Å²) in [5.74, 6) is 2.21. The maximum absolute atomic E-state index is 12.2. The van der Waals surface area contributed by atoms with Gasteiger partial charge in [-0.2, -0.15) is 4.98 Å². The lowest BCUT2D eigenvalue weighted by Crippen LogP contribution is -2.44. The maximum Gasteiger partial charge on any atom is 0.231 e. The van der Waals surface area contributed by atoms with Gasteiger partial charge in [0.25, 0.3) is 0 Å². The fourth-order valence-corrected chi connectivity index (χ4v) is 2.77. The van der Waals surface area contributed by atoms with E-state index in [9.17, 15) is 4.79 Å². The number of likely N-dealkylation sites (tertiary alicyclic amines) is 1. The van der Waals surface area contributed by atoms with Crippen LogP contribution in [0.3, 0.4) is 0 Å². The third-order valence-electron chi connectivity index (χ3n) is 4.08. The van der Waals surface area contributed by atoms with Crippen LogP contribution in [0.4, 0.5) is 0 Å².